The highest BCUT2D eigenvalue weighted by Crippen LogP contribution is 2.55. The highest BCUT2D eigenvalue weighted by Gasteiger charge is 2.48. The molecule has 0 saturated heterocycles. The molecule has 10 nitrogen and oxygen atoms in total. The molecule has 0 bridgehead atoms. The van der Waals surface area contributed by atoms with Crippen molar-refractivity contribution >= 4 is 68.9 Å². The molecule has 12 heteroatoms. The molecule has 0 heterocycles. The fourth-order valence-electron chi connectivity index (χ4n) is 8.90. The van der Waals surface area contributed by atoms with E-state index in [0.717, 1.165) is 60.7 Å². The summed E-state index contributed by atoms with van der Waals surface area (Å²) in [5.74, 6) is -3.54. The van der Waals surface area contributed by atoms with Crippen LogP contribution < -0.4 is 52.6 Å². The van der Waals surface area contributed by atoms with Gasteiger partial charge in [0.25, 0.3) is 0 Å². The zero-order valence-electron chi connectivity index (χ0n) is 43.1. The van der Waals surface area contributed by atoms with Crippen LogP contribution in [-0.4, -0.2) is 42.6 Å². The first-order chi connectivity index (χ1) is 38.8. The first-order valence-electron chi connectivity index (χ1n) is 25.0. The van der Waals surface area contributed by atoms with Crippen molar-refractivity contribution in [1.82, 2.24) is 0 Å². The Morgan fingerprint density at radius 2 is 0.350 bits per heavy atom. The zero-order valence-corrected chi connectivity index (χ0v) is 44.9. The van der Waals surface area contributed by atoms with Crippen LogP contribution in [0.1, 0.15) is 20.7 Å². The van der Waals surface area contributed by atoms with Gasteiger partial charge in [0, 0.05) is 36.4 Å². The van der Waals surface area contributed by atoms with Gasteiger partial charge in [0.2, 0.25) is 0 Å². The van der Waals surface area contributed by atoms with Crippen molar-refractivity contribution in [3.63, 3.8) is 0 Å². The summed E-state index contributed by atoms with van der Waals surface area (Å²) in [5.41, 5.74) is -0.111. The Kier molecular flexibility index (Phi) is 20.5. The Bertz CT molecular complexity index is 2970. The number of aromatic carboxylic acids is 2. The van der Waals surface area contributed by atoms with Crippen molar-refractivity contribution in [2.24, 2.45) is 0 Å². The molecule has 11 aromatic carbocycles. The third-order valence-corrected chi connectivity index (χ3v) is 20.9. The topological polar surface area (TPSA) is 202 Å². The molecular weight excluding hydrogens is 1040 g/mol. The van der Waals surface area contributed by atoms with Crippen molar-refractivity contribution in [1.29, 1.82) is 0 Å². The molecular formula is C68H56O10P2. The largest absolute Gasteiger partial charge is 0.545 e. The molecule has 11 aromatic rings. The number of carboxylic acid groups (broad SMARTS) is 2. The number of carbonyl (C=O) groups excluding carboxylic acids is 2. The average Bonchev–Trinajstić information content (AvgIpc) is 3.60. The summed E-state index contributed by atoms with van der Waals surface area (Å²) in [5, 5.41) is 83.6. The molecule has 398 valence electrons. The second-order valence-electron chi connectivity index (χ2n) is 17.6. The molecule has 11 rings (SSSR count). The van der Waals surface area contributed by atoms with Gasteiger partial charge in [-0.25, -0.2) is 0 Å². The monoisotopic (exact) mass is 1090 g/mol. The van der Waals surface area contributed by atoms with E-state index in [9.17, 15) is 19.8 Å². The lowest BCUT2D eigenvalue weighted by Crippen LogP contribution is -2.38. The molecule has 80 heavy (non-hydrogen) atoms. The molecule has 0 aliphatic heterocycles. The van der Waals surface area contributed by atoms with Crippen LogP contribution in [0.5, 0.6) is 34.5 Å². The summed E-state index contributed by atoms with van der Waals surface area (Å²) in [6, 6.07) is 99.1. The first-order valence-corrected chi connectivity index (χ1v) is 28.6. The maximum Gasteiger partial charge on any atom is 0.144 e. The normalized spacial score (nSPS) is 10.5. The fourth-order valence-corrected chi connectivity index (χ4v) is 17.4. The smallest absolute Gasteiger partial charge is 0.144 e. The van der Waals surface area contributed by atoms with E-state index >= 15 is 0 Å². The van der Waals surface area contributed by atoms with Crippen molar-refractivity contribution in [3.05, 3.63) is 314 Å². The summed E-state index contributed by atoms with van der Waals surface area (Å²) in [7, 11) is -3.81. The summed E-state index contributed by atoms with van der Waals surface area (Å²) in [6.07, 6.45) is 0. The van der Waals surface area contributed by atoms with Crippen molar-refractivity contribution in [2.45, 2.75) is 0 Å². The Labute approximate surface area is 466 Å². The molecule has 0 aromatic heterocycles. The van der Waals surface area contributed by atoms with E-state index in [1.807, 2.05) is 0 Å². The maximum atomic E-state index is 10.2. The molecule has 0 radical (unpaired) electrons. The van der Waals surface area contributed by atoms with Gasteiger partial charge in [-0.3, -0.25) is 0 Å². The highest BCUT2D eigenvalue weighted by molar-refractivity contribution is 8.02. The van der Waals surface area contributed by atoms with E-state index in [0.29, 0.717) is 0 Å². The van der Waals surface area contributed by atoms with Gasteiger partial charge < -0.3 is 50.4 Å². The van der Waals surface area contributed by atoms with Crippen LogP contribution in [-0.2, 0) is 0 Å². The maximum absolute atomic E-state index is 10.2. The minimum atomic E-state index is -1.91. The van der Waals surface area contributed by atoms with E-state index in [4.69, 9.17) is 30.6 Å². The molecule has 0 aliphatic rings. The van der Waals surface area contributed by atoms with Gasteiger partial charge >= 0.3 is 0 Å². The molecule has 0 spiro atoms. The quantitative estimate of drug-likeness (QED) is 0.0721. The minimum absolute atomic E-state index is 0.0556. The summed E-state index contributed by atoms with van der Waals surface area (Å²) in [4.78, 5) is 20.4. The molecule has 0 aliphatic carbocycles. The van der Waals surface area contributed by atoms with E-state index < -0.39 is 26.5 Å². The number of rotatable bonds is 10. The Morgan fingerprint density at radius 3 is 0.463 bits per heavy atom. The predicted molar refractivity (Wildman–Crippen MR) is 320 cm³/mol. The zero-order chi connectivity index (χ0) is 56.7. The number of hydrogen-bond acceptors (Lipinski definition) is 10. The van der Waals surface area contributed by atoms with Crippen LogP contribution in [0.3, 0.4) is 0 Å². The van der Waals surface area contributed by atoms with Crippen LogP contribution in [0.2, 0.25) is 0 Å². The highest BCUT2D eigenvalue weighted by atomic mass is 31.2. The molecule has 0 saturated carbocycles. The van der Waals surface area contributed by atoms with Crippen molar-refractivity contribution in [3.8, 4) is 34.5 Å². The predicted octanol–water partition coefficient (Wildman–Crippen LogP) is 8.63. The van der Waals surface area contributed by atoms with Gasteiger partial charge in [0.05, 0.1) is 11.9 Å². The second-order valence-corrected chi connectivity index (χ2v) is 24.4. The molecule has 6 N–H and O–H groups in total. The molecule has 0 amide bonds. The molecule has 0 fully saturated rings. The summed E-state index contributed by atoms with van der Waals surface area (Å²) >= 11 is 0. The fraction of sp³-hybridized carbons (Fsp3) is 0. The Morgan fingerprint density at radius 1 is 0.225 bits per heavy atom. The van der Waals surface area contributed by atoms with Gasteiger partial charge in [0.1, 0.15) is 91.5 Å². The number of carbonyl (C=O) groups is 2. The lowest BCUT2D eigenvalue weighted by Gasteiger charge is -2.27. The number of carboxylic acids is 2. The number of phenols is 6. The van der Waals surface area contributed by atoms with Crippen LogP contribution >= 0.6 is 14.5 Å². The Hall–Kier alpha value is -9.98. The van der Waals surface area contributed by atoms with Gasteiger partial charge in [0.15, 0.2) is 0 Å². The lowest BCUT2D eigenvalue weighted by atomic mass is 10.1. The number of benzene rings is 11. The second kappa shape index (κ2) is 28.4. The van der Waals surface area contributed by atoms with Crippen LogP contribution in [0.4, 0.5) is 0 Å². The number of aromatic hydroxyl groups is 6. The van der Waals surface area contributed by atoms with Crippen LogP contribution in [0.25, 0.3) is 0 Å². The average molecular weight is 1100 g/mol. The van der Waals surface area contributed by atoms with Crippen molar-refractivity contribution in [2.75, 3.05) is 0 Å². The SMILES string of the molecule is O=C([O-])c1ccc(C(=O)[O-])cc1.Oc1cc(O)cc(O)c1.Oc1cc(O)cc(O)c1.c1ccc([P+](c2ccccc2)(c2ccccc2)c2ccccc2)cc1.c1ccc([P+](c2ccccc2)(c2ccccc2)c2ccccc2)cc1. The van der Waals surface area contributed by atoms with E-state index in [1.54, 1.807) is 0 Å². The Balaban J connectivity index is 0.000000156. The summed E-state index contributed by atoms with van der Waals surface area (Å²) in [6.45, 7) is 0. The van der Waals surface area contributed by atoms with Crippen molar-refractivity contribution < 1.29 is 50.4 Å². The molecule has 0 unspecified atom stereocenters. The van der Waals surface area contributed by atoms with E-state index in [2.05, 4.69) is 243 Å². The number of phenolic OH excluding ortho intramolecular Hbond substituents is 6. The van der Waals surface area contributed by atoms with Gasteiger partial charge in [-0.2, -0.15) is 0 Å². The van der Waals surface area contributed by atoms with Gasteiger partial charge in [-0.1, -0.05) is 170 Å². The van der Waals surface area contributed by atoms with Crippen LogP contribution in [0, 0.1) is 0 Å². The lowest BCUT2D eigenvalue weighted by molar-refractivity contribution is -0.256. The van der Waals surface area contributed by atoms with E-state index in [-0.39, 0.29) is 45.6 Å². The summed E-state index contributed by atoms with van der Waals surface area (Å²) < 4.78 is 0. The van der Waals surface area contributed by atoms with Crippen LogP contribution in [0.15, 0.2) is 303 Å². The minimum Gasteiger partial charge on any atom is -0.545 e. The number of hydrogen-bond donors (Lipinski definition) is 6. The van der Waals surface area contributed by atoms with Gasteiger partial charge in [-0.05, 0) is 108 Å². The third kappa shape index (κ3) is 14.7. The van der Waals surface area contributed by atoms with E-state index in [1.165, 1.54) is 42.4 Å². The van der Waals surface area contributed by atoms with Gasteiger partial charge in [-0.15, -0.1) is 0 Å². The standard InChI is InChI=1S/2C24H20P.C8H6O4.2C6H6O3/c2*1-5-13-21(14-6-1)25(22-15-7-2-8-16-22,23-17-9-3-10-18-23)24-19-11-4-12-20-24;9-7(10)5-1-2-6(4-3-5)8(11)12;2*7-4-1-5(8)3-6(9)2-4/h2*1-20H;1-4H,(H,9,10)(H,11,12);2*1-3,7-9H/q2*+1;;;/p-2. The first kappa shape index (κ1) is 57.7. The third-order valence-electron chi connectivity index (χ3n) is 12.3. The molecule has 0 atom stereocenters.